The first-order chi connectivity index (χ1) is 17.5. The molecule has 8 heteroatoms. The predicted octanol–water partition coefficient (Wildman–Crippen LogP) is 5.57. The number of aromatic nitrogens is 4. The molecule has 1 unspecified atom stereocenters. The largest absolute Gasteiger partial charge is 0.477 e. The third kappa shape index (κ3) is 3.65. The molecule has 0 bridgehead atoms. The molecule has 1 N–H and O–H groups in total. The lowest BCUT2D eigenvalue weighted by Gasteiger charge is -2.32. The first-order valence-electron chi connectivity index (χ1n) is 12.1. The number of hydrogen-bond donors (Lipinski definition) is 1. The first kappa shape index (κ1) is 22.4. The molecule has 1 aliphatic heterocycles. The molecule has 0 aliphatic carbocycles. The maximum Gasteiger partial charge on any atom is 0.354 e. The van der Waals surface area contributed by atoms with Crippen LogP contribution < -0.4 is 0 Å². The number of aromatic carboxylic acids is 1. The quantitative estimate of drug-likeness (QED) is 0.349. The van der Waals surface area contributed by atoms with Crippen LogP contribution >= 0.6 is 0 Å². The van der Waals surface area contributed by atoms with Crippen LogP contribution in [0, 0.1) is 19.8 Å². The van der Waals surface area contributed by atoms with Gasteiger partial charge in [-0.05, 0) is 56.4 Å². The second-order valence-corrected chi connectivity index (χ2v) is 9.34. The summed E-state index contributed by atoms with van der Waals surface area (Å²) >= 11 is 0. The maximum atomic E-state index is 11.9. The molecule has 5 aromatic rings. The monoisotopic (exact) mass is 482 g/mol. The average Bonchev–Trinajstić information content (AvgIpc) is 3.41. The molecule has 0 radical (unpaired) electrons. The minimum Gasteiger partial charge on any atom is -0.477 e. The Morgan fingerprint density at radius 1 is 1.11 bits per heavy atom. The summed E-state index contributed by atoms with van der Waals surface area (Å²) in [5.74, 6) is -0.0370. The van der Waals surface area contributed by atoms with E-state index in [1.165, 1.54) is 0 Å². The molecule has 1 fully saturated rings. The van der Waals surface area contributed by atoms with E-state index in [9.17, 15) is 9.90 Å². The molecule has 0 amide bonds. The van der Waals surface area contributed by atoms with Crippen molar-refractivity contribution in [2.24, 2.45) is 5.92 Å². The number of nitrogens with zero attached hydrogens (tertiary/aromatic N) is 4. The van der Waals surface area contributed by atoms with Gasteiger partial charge in [0.1, 0.15) is 11.4 Å². The molecule has 1 aliphatic rings. The number of benzene rings is 1. The van der Waals surface area contributed by atoms with Crippen molar-refractivity contribution >= 4 is 28.0 Å². The Kier molecular flexibility index (Phi) is 5.53. The zero-order valence-electron chi connectivity index (χ0n) is 20.1. The molecule has 4 aromatic heterocycles. The molecule has 0 saturated carbocycles. The Labute approximate surface area is 207 Å². The molecular weight excluding hydrogens is 456 g/mol. The van der Waals surface area contributed by atoms with Crippen molar-refractivity contribution in [3.05, 3.63) is 77.4 Å². The number of carboxylic acid groups (broad SMARTS) is 1. The zero-order valence-corrected chi connectivity index (χ0v) is 20.1. The lowest BCUT2D eigenvalue weighted by molar-refractivity contribution is 0.0552. The molecular formula is C28H26N4O4. The second-order valence-electron chi connectivity index (χ2n) is 9.34. The highest BCUT2D eigenvalue weighted by molar-refractivity contribution is 6.06. The predicted molar refractivity (Wildman–Crippen MR) is 135 cm³/mol. The van der Waals surface area contributed by atoms with Crippen LogP contribution in [-0.4, -0.2) is 44.0 Å². The van der Waals surface area contributed by atoms with E-state index in [1.54, 1.807) is 6.07 Å². The van der Waals surface area contributed by atoms with Gasteiger partial charge in [-0.15, -0.1) is 0 Å². The molecule has 1 atom stereocenters. The number of ether oxygens (including phenoxy) is 1. The van der Waals surface area contributed by atoms with Gasteiger partial charge in [-0.25, -0.2) is 9.78 Å². The fourth-order valence-corrected chi connectivity index (χ4v) is 5.52. The highest BCUT2D eigenvalue weighted by atomic mass is 16.5. The number of fused-ring (bicyclic) bond motifs is 3. The fourth-order valence-electron chi connectivity index (χ4n) is 5.52. The number of rotatable bonds is 5. The molecule has 36 heavy (non-hydrogen) atoms. The third-order valence-electron chi connectivity index (χ3n) is 7.16. The van der Waals surface area contributed by atoms with Gasteiger partial charge in [-0.2, -0.15) is 0 Å². The minimum atomic E-state index is -1.06. The van der Waals surface area contributed by atoms with Gasteiger partial charge in [0.25, 0.3) is 0 Å². The van der Waals surface area contributed by atoms with Crippen molar-refractivity contribution in [1.29, 1.82) is 0 Å². The molecule has 8 nitrogen and oxygen atoms in total. The van der Waals surface area contributed by atoms with E-state index in [1.807, 2.05) is 44.3 Å². The Balaban J connectivity index is 1.69. The fraction of sp³-hybridized carbons (Fsp3) is 0.286. The van der Waals surface area contributed by atoms with Gasteiger partial charge in [0.2, 0.25) is 0 Å². The van der Waals surface area contributed by atoms with E-state index < -0.39 is 5.97 Å². The number of carboxylic acids is 1. The van der Waals surface area contributed by atoms with Gasteiger partial charge in [0, 0.05) is 35.9 Å². The van der Waals surface area contributed by atoms with Crippen molar-refractivity contribution in [3.8, 4) is 11.1 Å². The lowest BCUT2D eigenvalue weighted by atomic mass is 9.86. The Morgan fingerprint density at radius 3 is 2.58 bits per heavy atom. The Hall–Kier alpha value is -4.04. The summed E-state index contributed by atoms with van der Waals surface area (Å²) in [6.07, 6.45) is 3.63. The molecule has 182 valence electrons. The number of carbonyl (C=O) groups is 1. The van der Waals surface area contributed by atoms with E-state index in [4.69, 9.17) is 14.2 Å². The normalized spacial score (nSPS) is 15.5. The summed E-state index contributed by atoms with van der Waals surface area (Å²) in [6, 6.07) is 15.8. The standard InChI is InChI=1S/C28H26N4O4/c1-16-24(17(2)36-31-16)20-14-23-25(29-15-20)21-8-9-22(28(33)34)30-27(21)32(23)26(18-6-4-3-5-7-18)19-10-12-35-13-11-19/h3-9,14-15,19,26H,10-13H2,1-2H3,(H,33,34). The van der Waals surface area contributed by atoms with Gasteiger partial charge in [0.15, 0.2) is 5.69 Å². The van der Waals surface area contributed by atoms with Gasteiger partial charge in [-0.1, -0.05) is 35.5 Å². The van der Waals surface area contributed by atoms with E-state index in [-0.39, 0.29) is 17.7 Å². The van der Waals surface area contributed by atoms with Crippen LogP contribution in [0.5, 0.6) is 0 Å². The summed E-state index contributed by atoms with van der Waals surface area (Å²) in [6.45, 7) is 5.20. The lowest BCUT2D eigenvalue weighted by Crippen LogP contribution is -2.27. The van der Waals surface area contributed by atoms with Crippen LogP contribution in [0.1, 0.15) is 46.4 Å². The minimum absolute atomic E-state index is 0.0105. The van der Waals surface area contributed by atoms with Crippen molar-refractivity contribution in [2.75, 3.05) is 13.2 Å². The smallest absolute Gasteiger partial charge is 0.354 e. The topological polar surface area (TPSA) is 103 Å². The molecule has 0 spiro atoms. The number of pyridine rings is 2. The molecule has 6 rings (SSSR count). The van der Waals surface area contributed by atoms with Crippen molar-refractivity contribution in [1.82, 2.24) is 19.7 Å². The molecule has 5 heterocycles. The summed E-state index contributed by atoms with van der Waals surface area (Å²) in [4.78, 5) is 21.4. The number of hydrogen-bond acceptors (Lipinski definition) is 6. The SMILES string of the molecule is Cc1noc(C)c1-c1cnc2c3ccc(C(=O)O)nc3n(C(c3ccccc3)C3CCOCC3)c2c1. The highest BCUT2D eigenvalue weighted by Crippen LogP contribution is 2.41. The van der Waals surface area contributed by atoms with Crippen LogP contribution in [0.4, 0.5) is 0 Å². The van der Waals surface area contributed by atoms with Crippen molar-refractivity contribution < 1.29 is 19.2 Å². The number of aryl methyl sites for hydroxylation is 2. The van der Waals surface area contributed by atoms with E-state index in [0.717, 1.165) is 57.4 Å². The van der Waals surface area contributed by atoms with E-state index >= 15 is 0 Å². The van der Waals surface area contributed by atoms with Gasteiger partial charge >= 0.3 is 5.97 Å². The Bertz CT molecular complexity index is 1560. The first-order valence-corrected chi connectivity index (χ1v) is 12.1. The summed E-state index contributed by atoms with van der Waals surface area (Å²) in [7, 11) is 0. The van der Waals surface area contributed by atoms with Gasteiger partial charge in [0.05, 0.1) is 22.8 Å². The van der Waals surface area contributed by atoms with Crippen LogP contribution in [0.3, 0.4) is 0 Å². The van der Waals surface area contributed by atoms with E-state index in [2.05, 4.69) is 32.9 Å². The molecule has 1 aromatic carbocycles. The van der Waals surface area contributed by atoms with Crippen LogP contribution in [-0.2, 0) is 4.74 Å². The van der Waals surface area contributed by atoms with Crippen LogP contribution in [0.25, 0.3) is 33.2 Å². The van der Waals surface area contributed by atoms with E-state index in [0.29, 0.717) is 18.9 Å². The van der Waals surface area contributed by atoms with Crippen molar-refractivity contribution in [2.45, 2.75) is 32.7 Å². The maximum absolute atomic E-state index is 11.9. The van der Waals surface area contributed by atoms with Crippen LogP contribution in [0.15, 0.2) is 59.3 Å². The highest BCUT2D eigenvalue weighted by Gasteiger charge is 2.31. The van der Waals surface area contributed by atoms with Crippen LogP contribution in [0.2, 0.25) is 0 Å². The zero-order chi connectivity index (χ0) is 24.8. The van der Waals surface area contributed by atoms with Gasteiger partial charge < -0.3 is 18.9 Å². The summed E-state index contributed by atoms with van der Waals surface area (Å²) < 4.78 is 13.3. The van der Waals surface area contributed by atoms with Gasteiger partial charge in [-0.3, -0.25) is 4.98 Å². The third-order valence-corrected chi connectivity index (χ3v) is 7.16. The molecule has 1 saturated heterocycles. The second kappa shape index (κ2) is 8.87. The average molecular weight is 483 g/mol. The summed E-state index contributed by atoms with van der Waals surface area (Å²) in [5.41, 5.74) is 6.09. The summed E-state index contributed by atoms with van der Waals surface area (Å²) in [5, 5.41) is 14.7. The van der Waals surface area contributed by atoms with Crippen molar-refractivity contribution in [3.63, 3.8) is 0 Å². The Morgan fingerprint density at radius 2 is 1.89 bits per heavy atom.